The molecule has 2 heteroatoms. The van der Waals surface area contributed by atoms with Gasteiger partial charge < -0.3 is 0 Å². The Kier molecular flexibility index (Phi) is 0.520. The van der Waals surface area contributed by atoms with Crippen LogP contribution in [0.3, 0.4) is 0 Å². The van der Waals surface area contributed by atoms with Crippen LogP contribution in [0.25, 0.3) is 0 Å². The lowest BCUT2D eigenvalue weighted by molar-refractivity contribution is 1.53. The molecule has 0 atom stereocenters. The van der Waals surface area contributed by atoms with Crippen LogP contribution in [0.4, 0.5) is 0 Å². The van der Waals surface area contributed by atoms with Gasteiger partial charge in [0.05, 0.1) is 6.53 Å². The predicted octanol–water partition coefficient (Wildman–Crippen LogP) is 2.82. The Morgan fingerprint density at radius 2 is 3.00 bits per heavy atom. The van der Waals surface area contributed by atoms with Crippen molar-refractivity contribution in [1.82, 2.24) is 0 Å². The minimum absolute atomic E-state index is 0.0204. The second kappa shape index (κ2) is 1.97. The summed E-state index contributed by atoms with van der Waals surface area (Å²) >= 11 is 3.98. The van der Waals surface area contributed by atoms with E-state index in [1.54, 1.807) is 0 Å². The summed E-state index contributed by atoms with van der Waals surface area (Å²) in [5.74, 6) is 0. The smallest absolute Gasteiger partial charge is 0.0740 e. The van der Waals surface area contributed by atoms with E-state index in [0.29, 0.717) is 3.79 Å². The van der Waals surface area contributed by atoms with Crippen molar-refractivity contribution >= 4 is 27.3 Å². The Hall–Kier alpha value is 0.180. The molecule has 0 fully saturated rings. The van der Waals surface area contributed by atoms with Crippen molar-refractivity contribution in [3.8, 4) is 0 Å². The van der Waals surface area contributed by atoms with Gasteiger partial charge >= 0.3 is 0 Å². The first-order valence-electron chi connectivity index (χ1n) is 4.10. The predicted molar refractivity (Wildman–Crippen MR) is 36.8 cm³/mol. The Bertz CT molecular complexity index is 302. The molecule has 0 nitrogen and oxygen atoms in total. The van der Waals surface area contributed by atoms with E-state index in [1.807, 2.05) is 0 Å². The Labute approximate surface area is 62.3 Å². The molecule has 0 aliphatic rings. The summed E-state index contributed by atoms with van der Waals surface area (Å²) in [6.45, 7) is -2.30. The number of halogens is 1. The van der Waals surface area contributed by atoms with Crippen LogP contribution in [-0.4, -0.2) is 0 Å². The fourth-order valence-electron chi connectivity index (χ4n) is 0.222. The molecule has 7 heavy (non-hydrogen) atoms. The molecular weight excluding hydrogens is 172 g/mol. The van der Waals surface area contributed by atoms with E-state index in [0.717, 1.165) is 11.3 Å². The highest BCUT2D eigenvalue weighted by Gasteiger charge is 1.89. The highest BCUT2D eigenvalue weighted by molar-refractivity contribution is 9.11. The summed E-state index contributed by atoms with van der Waals surface area (Å²) in [6.07, 6.45) is 0. The van der Waals surface area contributed by atoms with Crippen molar-refractivity contribution in [3.63, 3.8) is 0 Å². The van der Waals surface area contributed by atoms with Crippen LogP contribution >= 0.6 is 27.3 Å². The summed E-state index contributed by atoms with van der Waals surface area (Å²) in [5.41, 5.74) is -0.0579. The zero-order valence-electron chi connectivity index (χ0n) is 8.29. The van der Waals surface area contributed by atoms with Crippen LogP contribution in [-0.2, 0) is 0 Å². The van der Waals surface area contributed by atoms with Gasteiger partial charge in [-0.3, -0.25) is 0 Å². The minimum Gasteiger partial charge on any atom is -0.137 e. The quantitative estimate of drug-likeness (QED) is 0.578. The third-order valence-electron chi connectivity index (χ3n) is 0.513. The van der Waals surface area contributed by atoms with Crippen molar-refractivity contribution < 1.29 is 6.85 Å². The molecule has 38 valence electrons. The Morgan fingerprint density at radius 1 is 2.14 bits per heavy atom. The first-order valence-corrected chi connectivity index (χ1v) is 3.21. The average molecular weight is 182 g/mol. The van der Waals surface area contributed by atoms with Crippen LogP contribution in [0.15, 0.2) is 15.2 Å². The second-order valence-corrected chi connectivity index (χ2v) is 3.11. The third-order valence-corrected chi connectivity index (χ3v) is 1.98. The average Bonchev–Trinajstić information content (AvgIpc) is 2.05. The molecule has 0 bridgehead atoms. The van der Waals surface area contributed by atoms with E-state index in [1.165, 1.54) is 0 Å². The highest BCUT2D eigenvalue weighted by atomic mass is 79.9. The standard InChI is InChI=1S/C5H5BrS/c1-4-2-3-7-5(4)6/h2-3H,1H3/i1D3,2D,3D. The van der Waals surface area contributed by atoms with Crippen molar-refractivity contribution in [2.24, 2.45) is 0 Å². The van der Waals surface area contributed by atoms with Crippen molar-refractivity contribution in [2.75, 3.05) is 0 Å². The molecular formula is C5H5BrS. The normalized spacial score (nSPS) is 21.6. The summed E-state index contributed by atoms with van der Waals surface area (Å²) in [5, 5.41) is -0.0204. The topological polar surface area (TPSA) is 0 Å². The fraction of sp³-hybridized carbons (Fsp3) is 0.200. The summed E-state index contributed by atoms with van der Waals surface area (Å²) in [7, 11) is 0. The van der Waals surface area contributed by atoms with Crippen molar-refractivity contribution in [1.29, 1.82) is 0 Å². The van der Waals surface area contributed by atoms with Crippen molar-refractivity contribution in [2.45, 2.75) is 6.85 Å². The van der Waals surface area contributed by atoms with E-state index in [4.69, 9.17) is 6.85 Å². The zero-order valence-corrected chi connectivity index (χ0v) is 5.69. The summed E-state index contributed by atoms with van der Waals surface area (Å²) < 4.78 is 36.1. The molecule has 1 heterocycles. The van der Waals surface area contributed by atoms with Gasteiger partial charge in [-0.1, -0.05) is 0 Å². The summed E-state index contributed by atoms with van der Waals surface area (Å²) in [6, 6.07) is -0.202. The van der Waals surface area contributed by atoms with Crippen molar-refractivity contribution in [3.05, 3.63) is 20.7 Å². The van der Waals surface area contributed by atoms with Crippen LogP contribution < -0.4 is 0 Å². The van der Waals surface area contributed by atoms with Gasteiger partial charge in [0.15, 0.2) is 0 Å². The number of thiophene rings is 1. The Morgan fingerprint density at radius 3 is 3.29 bits per heavy atom. The van der Waals surface area contributed by atoms with Gasteiger partial charge in [0, 0.05) is 4.11 Å². The van der Waals surface area contributed by atoms with E-state index in [9.17, 15) is 0 Å². The largest absolute Gasteiger partial charge is 0.137 e. The molecule has 0 spiro atoms. The van der Waals surface area contributed by atoms with Gasteiger partial charge in [0.25, 0.3) is 0 Å². The summed E-state index contributed by atoms with van der Waals surface area (Å²) in [4.78, 5) is 0. The van der Waals surface area contributed by atoms with Gasteiger partial charge in [-0.15, -0.1) is 11.3 Å². The number of rotatable bonds is 0. The third kappa shape index (κ3) is 1.04. The lowest BCUT2D eigenvalue weighted by atomic mass is 10.4. The number of hydrogen-bond donors (Lipinski definition) is 0. The SMILES string of the molecule is [2H]c1sc(Br)c(C([2H])([2H])[2H])c1[2H]. The maximum atomic E-state index is 7.30. The van der Waals surface area contributed by atoms with Gasteiger partial charge in [-0.05, 0) is 39.7 Å². The van der Waals surface area contributed by atoms with E-state index in [2.05, 4.69) is 15.9 Å². The fourth-order valence-corrected chi connectivity index (χ4v) is 0.959. The molecule has 0 aliphatic heterocycles. The first kappa shape index (κ1) is 1.85. The zero-order chi connectivity index (χ0) is 9.52. The Balaban J connectivity index is 3.32. The molecule has 0 amide bonds. The van der Waals surface area contributed by atoms with Crippen LogP contribution in [0.5, 0.6) is 0 Å². The molecule has 1 aromatic rings. The molecule has 1 rings (SSSR count). The van der Waals surface area contributed by atoms with Crippen LogP contribution in [0.2, 0.25) is 0 Å². The highest BCUT2D eigenvalue weighted by Crippen LogP contribution is 2.21. The molecule has 0 aromatic carbocycles. The maximum absolute atomic E-state index is 7.30. The second-order valence-electron chi connectivity index (χ2n) is 0.978. The van der Waals surface area contributed by atoms with Crippen LogP contribution in [0.1, 0.15) is 12.4 Å². The maximum Gasteiger partial charge on any atom is 0.0740 e. The lowest BCUT2D eigenvalue weighted by Gasteiger charge is -1.77. The lowest BCUT2D eigenvalue weighted by Crippen LogP contribution is -1.55. The van der Waals surface area contributed by atoms with Gasteiger partial charge in [-0.25, -0.2) is 0 Å². The van der Waals surface area contributed by atoms with E-state index < -0.39 is 6.85 Å². The molecule has 0 saturated heterocycles. The monoisotopic (exact) mass is 181 g/mol. The van der Waals surface area contributed by atoms with Gasteiger partial charge in [0.1, 0.15) is 0 Å². The van der Waals surface area contributed by atoms with Gasteiger partial charge in [0.2, 0.25) is 0 Å². The van der Waals surface area contributed by atoms with Crippen LogP contribution in [0, 0.1) is 6.85 Å². The molecule has 0 N–H and O–H groups in total. The minimum atomic E-state index is -2.30. The molecule has 0 aliphatic carbocycles. The first-order chi connectivity index (χ1) is 5.34. The number of hydrogen-bond acceptors (Lipinski definition) is 1. The molecule has 0 radical (unpaired) electrons. The molecule has 0 saturated carbocycles. The van der Waals surface area contributed by atoms with E-state index >= 15 is 0 Å². The molecule has 0 unspecified atom stereocenters. The van der Waals surface area contributed by atoms with E-state index in [-0.39, 0.29) is 17.0 Å². The van der Waals surface area contributed by atoms with Gasteiger partial charge in [-0.2, -0.15) is 0 Å². The molecule has 1 aromatic heterocycles.